The number of carbonyl (C=O) groups excluding carboxylic acids is 2. The summed E-state index contributed by atoms with van der Waals surface area (Å²) in [4.78, 5) is 19.5. The Hall–Kier alpha value is -0.740. The lowest BCUT2D eigenvalue weighted by molar-refractivity contribution is -0.115. The van der Waals surface area contributed by atoms with Crippen molar-refractivity contribution in [3.8, 4) is 0 Å². The Morgan fingerprint density at radius 3 is 1.05 bits per heavy atom. The van der Waals surface area contributed by atoms with Crippen LogP contribution >= 0.6 is 23.5 Å². The molecule has 0 saturated carbocycles. The Labute approximate surface area is 126 Å². The summed E-state index contributed by atoms with van der Waals surface area (Å²) in [6.07, 6.45) is 6.00. The number of Topliss-reactive ketones (excluding diaryl/α,β-unsaturated/α-hetero) is 2. The second-order valence-electron chi connectivity index (χ2n) is 3.61. The van der Waals surface area contributed by atoms with E-state index in [1.165, 1.54) is 13.8 Å². The molecule has 0 aliphatic rings. The zero-order chi connectivity index (χ0) is 15.5. The van der Waals surface area contributed by atoms with Crippen molar-refractivity contribution in [3.63, 3.8) is 0 Å². The van der Waals surface area contributed by atoms with Gasteiger partial charge in [-0.05, 0) is 39.5 Å². The molecule has 0 amide bonds. The van der Waals surface area contributed by atoms with E-state index < -0.39 is 0 Å². The van der Waals surface area contributed by atoms with Crippen LogP contribution in [-0.2, 0) is 9.59 Å². The molecule has 0 aliphatic carbocycles. The molecule has 0 atom stereocenters. The summed E-state index contributed by atoms with van der Waals surface area (Å²) in [5, 5.41) is 0. The molecule has 0 spiro atoms. The van der Waals surface area contributed by atoms with Gasteiger partial charge >= 0.3 is 0 Å². The molecule has 4 heteroatoms. The summed E-state index contributed by atoms with van der Waals surface area (Å²) in [5.74, 6) is 1.07. The first-order valence-corrected chi connectivity index (χ1v) is 8.80. The summed E-state index contributed by atoms with van der Waals surface area (Å²) in [6.45, 7) is 4.65. The van der Waals surface area contributed by atoms with Gasteiger partial charge in [0.1, 0.15) is 11.6 Å². The SMILES string of the molecule is CC(C)=O.CSC.CSCC(C)=O.c1ccccc1. The quantitative estimate of drug-likeness (QED) is 0.820. The number of thioether (sulfide) groups is 2. The molecule has 0 aromatic heterocycles. The minimum absolute atomic E-state index is 0.167. The third-order valence-corrected chi connectivity index (χ3v) is 1.71. The number of benzene rings is 1. The van der Waals surface area contributed by atoms with Gasteiger partial charge in [0.15, 0.2) is 0 Å². The predicted octanol–water partition coefficient (Wildman–Crippen LogP) is 4.20. The molecule has 1 aromatic carbocycles. The maximum atomic E-state index is 10.0. The van der Waals surface area contributed by atoms with E-state index >= 15 is 0 Å². The van der Waals surface area contributed by atoms with Crippen molar-refractivity contribution in [1.29, 1.82) is 0 Å². The molecular formula is C15H26O2S2. The Morgan fingerprint density at radius 2 is 1.00 bits per heavy atom. The van der Waals surface area contributed by atoms with E-state index in [-0.39, 0.29) is 11.6 Å². The maximum Gasteiger partial charge on any atom is 0.139 e. The van der Waals surface area contributed by atoms with Crippen molar-refractivity contribution in [2.24, 2.45) is 0 Å². The Kier molecular flexibility index (Phi) is 27.6. The van der Waals surface area contributed by atoms with Gasteiger partial charge in [-0.1, -0.05) is 36.4 Å². The smallest absolute Gasteiger partial charge is 0.139 e. The highest BCUT2D eigenvalue weighted by Gasteiger charge is 1.84. The highest BCUT2D eigenvalue weighted by atomic mass is 32.2. The molecule has 0 fully saturated rings. The summed E-state index contributed by atoms with van der Waals surface area (Å²) in [6, 6.07) is 12.0. The minimum Gasteiger partial charge on any atom is -0.300 e. The van der Waals surface area contributed by atoms with Crippen LogP contribution in [0.15, 0.2) is 36.4 Å². The molecule has 0 aliphatic heterocycles. The summed E-state index contributed by atoms with van der Waals surface area (Å²) in [5.41, 5.74) is 0. The van der Waals surface area contributed by atoms with E-state index in [9.17, 15) is 9.59 Å². The monoisotopic (exact) mass is 302 g/mol. The zero-order valence-corrected chi connectivity index (χ0v) is 14.4. The fourth-order valence-electron chi connectivity index (χ4n) is 0.588. The molecule has 0 radical (unpaired) electrons. The van der Waals surface area contributed by atoms with Crippen molar-refractivity contribution in [2.75, 3.05) is 24.5 Å². The topological polar surface area (TPSA) is 34.1 Å². The fourth-order valence-corrected chi connectivity index (χ4v) is 0.995. The Morgan fingerprint density at radius 1 is 0.789 bits per heavy atom. The van der Waals surface area contributed by atoms with E-state index in [1.807, 2.05) is 55.2 Å². The van der Waals surface area contributed by atoms with Gasteiger partial charge in [0.05, 0.1) is 5.75 Å². The normalized spacial score (nSPS) is 7.47. The predicted molar refractivity (Wildman–Crippen MR) is 91.3 cm³/mol. The lowest BCUT2D eigenvalue weighted by atomic mass is 10.4. The van der Waals surface area contributed by atoms with Crippen LogP contribution in [0, 0.1) is 0 Å². The highest BCUT2D eigenvalue weighted by molar-refractivity contribution is 7.99. The summed E-state index contributed by atoms with van der Waals surface area (Å²) >= 11 is 3.31. The van der Waals surface area contributed by atoms with Crippen molar-refractivity contribution in [3.05, 3.63) is 36.4 Å². The van der Waals surface area contributed by atoms with Crippen LogP contribution in [0.25, 0.3) is 0 Å². The van der Waals surface area contributed by atoms with E-state index in [1.54, 1.807) is 30.4 Å². The lowest BCUT2D eigenvalue weighted by Crippen LogP contribution is -1.90. The number of rotatable bonds is 2. The first kappa shape index (κ1) is 23.4. The lowest BCUT2D eigenvalue weighted by Gasteiger charge is -1.81. The van der Waals surface area contributed by atoms with Gasteiger partial charge in [-0.25, -0.2) is 0 Å². The molecule has 0 saturated heterocycles. The molecule has 0 N–H and O–H groups in total. The highest BCUT2D eigenvalue weighted by Crippen LogP contribution is 1.88. The third kappa shape index (κ3) is 58.9. The van der Waals surface area contributed by atoms with Crippen LogP contribution in [0.4, 0.5) is 0 Å². The molecule has 19 heavy (non-hydrogen) atoms. The van der Waals surface area contributed by atoms with Crippen LogP contribution < -0.4 is 0 Å². The van der Waals surface area contributed by atoms with E-state index in [0.29, 0.717) is 5.75 Å². The third-order valence-electron chi connectivity index (χ3n) is 1.01. The van der Waals surface area contributed by atoms with Crippen molar-refractivity contribution in [1.82, 2.24) is 0 Å². The summed E-state index contributed by atoms with van der Waals surface area (Å²) < 4.78 is 0. The summed E-state index contributed by atoms with van der Waals surface area (Å²) in [7, 11) is 0. The Bertz CT molecular complexity index is 257. The minimum atomic E-state index is 0.167. The van der Waals surface area contributed by atoms with Crippen LogP contribution in [0.1, 0.15) is 20.8 Å². The fraction of sp³-hybridized carbons (Fsp3) is 0.467. The van der Waals surface area contributed by atoms with E-state index in [2.05, 4.69) is 0 Å². The molecule has 0 heterocycles. The van der Waals surface area contributed by atoms with E-state index in [0.717, 1.165) is 0 Å². The van der Waals surface area contributed by atoms with Gasteiger partial charge < -0.3 is 4.79 Å². The van der Waals surface area contributed by atoms with Crippen molar-refractivity contribution < 1.29 is 9.59 Å². The van der Waals surface area contributed by atoms with Crippen molar-refractivity contribution in [2.45, 2.75) is 20.8 Å². The molecule has 2 nitrogen and oxygen atoms in total. The second-order valence-corrected chi connectivity index (χ2v) is 5.29. The van der Waals surface area contributed by atoms with Gasteiger partial charge in [0, 0.05) is 0 Å². The van der Waals surface area contributed by atoms with Gasteiger partial charge in [-0.2, -0.15) is 23.5 Å². The van der Waals surface area contributed by atoms with E-state index in [4.69, 9.17) is 0 Å². The number of carbonyl (C=O) groups is 2. The molecule has 1 rings (SSSR count). The molecule has 0 unspecified atom stereocenters. The zero-order valence-electron chi connectivity index (χ0n) is 12.8. The standard InChI is InChI=1S/C6H6.C4H8OS.C3H6O.C2H6S/c1-2-4-6-5-3-1;1-4(5)3-6-2;1-3(2)4;1-3-2/h1-6H;3H2,1-2H3;1-2H3;1-2H3. The van der Waals surface area contributed by atoms with Crippen molar-refractivity contribution >= 4 is 35.1 Å². The largest absolute Gasteiger partial charge is 0.300 e. The van der Waals surface area contributed by atoms with Gasteiger partial charge in [-0.15, -0.1) is 0 Å². The molecular weight excluding hydrogens is 276 g/mol. The first-order valence-electron chi connectivity index (χ1n) is 5.78. The van der Waals surface area contributed by atoms with Gasteiger partial charge in [0.25, 0.3) is 0 Å². The molecule has 0 bridgehead atoms. The maximum absolute atomic E-state index is 10.0. The van der Waals surface area contributed by atoms with Crippen LogP contribution in [-0.4, -0.2) is 36.1 Å². The van der Waals surface area contributed by atoms with Crippen LogP contribution in [0.5, 0.6) is 0 Å². The van der Waals surface area contributed by atoms with Gasteiger partial charge in [-0.3, -0.25) is 4.79 Å². The second kappa shape index (κ2) is 22.4. The Balaban J connectivity index is -0.000000187. The molecule has 1 aromatic rings. The number of hydrogen-bond acceptors (Lipinski definition) is 4. The van der Waals surface area contributed by atoms with Crippen LogP contribution in [0.3, 0.4) is 0 Å². The number of ketones is 2. The average Bonchev–Trinajstić information content (AvgIpc) is 2.32. The number of hydrogen-bond donors (Lipinski definition) is 0. The van der Waals surface area contributed by atoms with Gasteiger partial charge in [0.2, 0.25) is 0 Å². The first-order chi connectivity index (χ1) is 8.92. The average molecular weight is 303 g/mol. The van der Waals surface area contributed by atoms with Crippen LogP contribution in [0.2, 0.25) is 0 Å². The molecule has 110 valence electrons.